The van der Waals surface area contributed by atoms with Crippen LogP contribution in [0.5, 0.6) is 0 Å². The van der Waals surface area contributed by atoms with Gasteiger partial charge in [-0.3, -0.25) is 14.4 Å². The Bertz CT molecular complexity index is 1650. The molecule has 60 heavy (non-hydrogen) atoms. The van der Waals surface area contributed by atoms with E-state index < -0.39 is 23.2 Å². The second kappa shape index (κ2) is 28.7. The second-order valence-electron chi connectivity index (χ2n) is 18.7. The summed E-state index contributed by atoms with van der Waals surface area (Å²) in [7, 11) is 0. The van der Waals surface area contributed by atoms with Gasteiger partial charge in [0.2, 0.25) is 0 Å². The molecule has 0 heterocycles. The molecule has 1 aliphatic rings. The second-order valence-corrected chi connectivity index (χ2v) is 18.7. The van der Waals surface area contributed by atoms with Crippen LogP contribution in [0.15, 0.2) is 113 Å². The van der Waals surface area contributed by atoms with Crippen LogP contribution in [0.4, 0.5) is 0 Å². The third-order valence-electron chi connectivity index (χ3n) is 11.0. The summed E-state index contributed by atoms with van der Waals surface area (Å²) < 4.78 is 5.76. The number of Topliss-reactive ketones (excluding diaryl/α,β-unsaturated/α-hetero) is 1. The van der Waals surface area contributed by atoms with Gasteiger partial charge in [0.15, 0.2) is 5.78 Å². The lowest BCUT2D eigenvalue weighted by molar-refractivity contribution is -0.152. The fraction of sp³-hybridized carbons (Fsp3) is 0.593. The molecule has 0 aromatic heterocycles. The molecule has 0 radical (unpaired) electrons. The number of allylic oxidation sites excluding steroid dienone is 16. The smallest absolute Gasteiger partial charge is 0.306 e. The molecule has 334 valence electrons. The maximum atomic E-state index is 13.2. The molecule has 1 aliphatic carbocycles. The lowest BCUT2D eigenvalue weighted by Crippen LogP contribution is -2.45. The van der Waals surface area contributed by atoms with Crippen molar-refractivity contribution >= 4 is 17.5 Å². The van der Waals surface area contributed by atoms with Crippen LogP contribution in [0, 0.1) is 10.8 Å². The highest BCUT2D eigenvalue weighted by Gasteiger charge is 2.44. The molecule has 3 atom stereocenters. The molecule has 6 heteroatoms. The molecule has 6 nitrogen and oxygen atoms in total. The molecule has 0 saturated heterocycles. The molecule has 0 amide bonds. The van der Waals surface area contributed by atoms with Gasteiger partial charge in [0.25, 0.3) is 0 Å². The zero-order chi connectivity index (χ0) is 45.2. The van der Waals surface area contributed by atoms with E-state index in [1.165, 1.54) is 58.3 Å². The Labute approximate surface area is 365 Å². The minimum atomic E-state index is -1.08. The fourth-order valence-corrected chi connectivity index (χ4v) is 7.68. The van der Waals surface area contributed by atoms with E-state index in [4.69, 9.17) is 4.74 Å². The van der Waals surface area contributed by atoms with E-state index in [1.807, 2.05) is 122 Å². The SMILES string of the molecule is CCCCCCCCCCCCCC(=O)O[C@H](CC(C)=O)CC(C)(C)C(=O)/C=C/C(C)=C/C=C/C(C)=C/C=C/C=C(C)/C=C/C=C(\C)C=C=C1C(C)(C)C[C@H](O)C[C@@]1(C)O. The maximum absolute atomic E-state index is 13.2. The Hall–Kier alpha value is -3.83. The van der Waals surface area contributed by atoms with E-state index in [2.05, 4.69) is 12.7 Å². The predicted molar refractivity (Wildman–Crippen MR) is 252 cm³/mol. The van der Waals surface area contributed by atoms with Gasteiger partial charge in [-0.25, -0.2) is 0 Å². The van der Waals surface area contributed by atoms with E-state index in [0.717, 1.165) is 47.1 Å². The summed E-state index contributed by atoms with van der Waals surface area (Å²) in [4.78, 5) is 38.0. The van der Waals surface area contributed by atoms with E-state index in [-0.39, 0.29) is 35.8 Å². The number of esters is 1. The number of carbonyl (C=O) groups excluding carboxylic acids is 3. The molecule has 1 rings (SSSR count). The number of hydrogen-bond donors (Lipinski definition) is 2. The van der Waals surface area contributed by atoms with E-state index in [9.17, 15) is 24.6 Å². The average molecular weight is 827 g/mol. The monoisotopic (exact) mass is 827 g/mol. The zero-order valence-corrected chi connectivity index (χ0v) is 39.5. The van der Waals surface area contributed by atoms with Gasteiger partial charge < -0.3 is 14.9 Å². The highest BCUT2D eigenvalue weighted by atomic mass is 16.5. The number of ketones is 2. The molecule has 1 fully saturated rings. The Morgan fingerprint density at radius 2 is 1.20 bits per heavy atom. The summed E-state index contributed by atoms with van der Waals surface area (Å²) in [5, 5.41) is 21.1. The predicted octanol–water partition coefficient (Wildman–Crippen LogP) is 13.6. The van der Waals surface area contributed by atoms with Crippen molar-refractivity contribution in [3.63, 3.8) is 0 Å². The quantitative estimate of drug-likeness (QED) is 0.0281. The summed E-state index contributed by atoms with van der Waals surface area (Å²) in [6.45, 7) is 21.3. The largest absolute Gasteiger partial charge is 0.462 e. The standard InChI is InChI=1S/C54H82O6/c1-12-13-14-15-16-17-18-19-20-21-22-33-51(58)60-48(38-46(6)55)41-53(9,10)50(57)37-35-45(5)32-26-30-43(3)28-24-23-27-42(2)29-25-31-44(4)34-36-49-52(7,8)39-47(56)40-54(49,11)59/h23-32,34-35,37,47-48,56,59H,12-22,33,38-41H2,1-11H3/b24-23+,29-25+,30-26+,37-35+,42-27+,43-28+,44-31+,45-32+/t36?,47-,48+,54+/m0/s1. The molecule has 2 N–H and O–H groups in total. The number of carbonyl (C=O) groups is 3. The van der Waals surface area contributed by atoms with E-state index in [1.54, 1.807) is 19.1 Å². The summed E-state index contributed by atoms with van der Waals surface area (Å²) in [6.07, 6.45) is 39.1. The van der Waals surface area contributed by atoms with Crippen LogP contribution in [-0.4, -0.2) is 45.6 Å². The summed E-state index contributed by atoms with van der Waals surface area (Å²) in [5.74, 6) is -0.430. The third-order valence-corrected chi connectivity index (χ3v) is 11.0. The molecule has 1 saturated carbocycles. The highest BCUT2D eigenvalue weighted by molar-refractivity contribution is 5.94. The first-order valence-electron chi connectivity index (χ1n) is 22.7. The van der Waals surface area contributed by atoms with Gasteiger partial charge in [-0.1, -0.05) is 182 Å². The van der Waals surface area contributed by atoms with Crippen LogP contribution in [0.3, 0.4) is 0 Å². The molecule has 0 unspecified atom stereocenters. The van der Waals surface area contributed by atoms with Gasteiger partial charge in [0.1, 0.15) is 11.9 Å². The van der Waals surface area contributed by atoms with Gasteiger partial charge >= 0.3 is 5.97 Å². The Morgan fingerprint density at radius 3 is 1.72 bits per heavy atom. The molecular weight excluding hydrogens is 745 g/mol. The molecular formula is C54H82O6. The average Bonchev–Trinajstić information content (AvgIpc) is 3.13. The maximum Gasteiger partial charge on any atom is 0.306 e. The van der Waals surface area contributed by atoms with Crippen LogP contribution in [0.2, 0.25) is 0 Å². The van der Waals surface area contributed by atoms with Crippen molar-refractivity contribution in [1.29, 1.82) is 0 Å². The number of ether oxygens (including phenoxy) is 1. The van der Waals surface area contributed by atoms with Crippen molar-refractivity contribution in [2.24, 2.45) is 10.8 Å². The number of aliphatic hydroxyl groups is 2. The fourth-order valence-electron chi connectivity index (χ4n) is 7.68. The van der Waals surface area contributed by atoms with Crippen LogP contribution >= 0.6 is 0 Å². The zero-order valence-electron chi connectivity index (χ0n) is 39.5. The summed E-state index contributed by atoms with van der Waals surface area (Å²) in [5.41, 5.74) is 6.04. The first-order valence-corrected chi connectivity index (χ1v) is 22.7. The number of unbranched alkanes of at least 4 members (excludes halogenated alkanes) is 10. The summed E-state index contributed by atoms with van der Waals surface area (Å²) in [6, 6.07) is 0. The molecule has 0 spiro atoms. The molecule has 0 bridgehead atoms. The highest BCUT2D eigenvalue weighted by Crippen LogP contribution is 2.45. The lowest BCUT2D eigenvalue weighted by atomic mass is 9.65. The van der Waals surface area contributed by atoms with E-state index >= 15 is 0 Å². The van der Waals surface area contributed by atoms with Gasteiger partial charge in [0, 0.05) is 30.3 Å². The van der Waals surface area contributed by atoms with Crippen LogP contribution < -0.4 is 0 Å². The minimum absolute atomic E-state index is 0.0622. The summed E-state index contributed by atoms with van der Waals surface area (Å²) >= 11 is 0. The van der Waals surface area contributed by atoms with Crippen molar-refractivity contribution in [3.8, 4) is 0 Å². The Morgan fingerprint density at radius 1 is 0.717 bits per heavy atom. The first-order chi connectivity index (χ1) is 28.2. The van der Waals surface area contributed by atoms with Crippen molar-refractivity contribution in [2.45, 2.75) is 197 Å². The number of aliphatic hydroxyl groups excluding tert-OH is 1. The normalized spacial score (nSPS) is 20.1. The molecule has 0 aromatic rings. The van der Waals surface area contributed by atoms with Crippen molar-refractivity contribution in [1.82, 2.24) is 0 Å². The van der Waals surface area contributed by atoms with Crippen molar-refractivity contribution in [3.05, 3.63) is 113 Å². The van der Waals surface area contributed by atoms with Crippen LogP contribution in [-0.2, 0) is 19.1 Å². The Kier molecular flexibility index (Phi) is 25.9. The third kappa shape index (κ3) is 24.4. The van der Waals surface area contributed by atoms with Gasteiger partial charge in [-0.05, 0) is 83.9 Å². The number of hydrogen-bond acceptors (Lipinski definition) is 6. The lowest BCUT2D eigenvalue weighted by Gasteiger charge is -2.43. The van der Waals surface area contributed by atoms with Crippen LogP contribution in [0.25, 0.3) is 0 Å². The molecule has 0 aliphatic heterocycles. The van der Waals surface area contributed by atoms with Crippen molar-refractivity contribution < 1.29 is 29.3 Å². The van der Waals surface area contributed by atoms with Gasteiger partial charge in [-0.15, -0.1) is 5.73 Å². The Balaban J connectivity index is 2.64. The van der Waals surface area contributed by atoms with Crippen molar-refractivity contribution in [2.75, 3.05) is 0 Å². The molecule has 0 aromatic carbocycles. The minimum Gasteiger partial charge on any atom is -0.462 e. The first kappa shape index (κ1) is 54.2. The van der Waals surface area contributed by atoms with Crippen LogP contribution in [0.1, 0.15) is 179 Å². The van der Waals surface area contributed by atoms with Gasteiger partial charge in [-0.2, -0.15) is 0 Å². The van der Waals surface area contributed by atoms with Gasteiger partial charge in [0.05, 0.1) is 11.7 Å². The van der Waals surface area contributed by atoms with E-state index in [0.29, 0.717) is 19.3 Å². The topological polar surface area (TPSA) is 101 Å². The number of rotatable bonds is 27.